The van der Waals surface area contributed by atoms with Crippen molar-refractivity contribution >= 4 is 21.7 Å². The SMILES string of the molecule is CCC(C)NC1=NS(=O)(=O)c2cnccc2N1. The summed E-state index contributed by atoms with van der Waals surface area (Å²) in [6, 6.07) is 1.76. The molecule has 17 heavy (non-hydrogen) atoms. The predicted octanol–water partition coefficient (Wildman–Crippen LogP) is 0.940. The van der Waals surface area contributed by atoms with Gasteiger partial charge in [-0.1, -0.05) is 6.92 Å². The first kappa shape index (κ1) is 11.8. The molecule has 1 unspecified atom stereocenters. The quantitative estimate of drug-likeness (QED) is 0.820. The standard InChI is InChI=1S/C10H14N4O2S/c1-3-7(2)12-10-13-8-4-5-11-6-9(8)17(15,16)14-10/h4-7H,3H2,1-2H3,(H2,12,13,14). The van der Waals surface area contributed by atoms with Gasteiger partial charge < -0.3 is 10.6 Å². The molecule has 1 aromatic rings. The van der Waals surface area contributed by atoms with Crippen LogP contribution in [0.3, 0.4) is 0 Å². The summed E-state index contributed by atoms with van der Waals surface area (Å²) in [6.45, 7) is 3.96. The van der Waals surface area contributed by atoms with Gasteiger partial charge in [-0.2, -0.15) is 8.42 Å². The molecule has 0 aliphatic carbocycles. The van der Waals surface area contributed by atoms with Crippen LogP contribution >= 0.6 is 0 Å². The predicted molar refractivity (Wildman–Crippen MR) is 65.4 cm³/mol. The normalized spacial score (nSPS) is 18.6. The number of hydrogen-bond acceptors (Lipinski definition) is 5. The zero-order valence-corrected chi connectivity index (χ0v) is 10.5. The highest BCUT2D eigenvalue weighted by atomic mass is 32.2. The van der Waals surface area contributed by atoms with Gasteiger partial charge in [0.05, 0.1) is 5.69 Å². The van der Waals surface area contributed by atoms with Crippen LogP contribution in [0.1, 0.15) is 20.3 Å². The molecule has 0 saturated carbocycles. The third-order valence-corrected chi connectivity index (χ3v) is 3.83. The lowest BCUT2D eigenvalue weighted by Gasteiger charge is -2.21. The van der Waals surface area contributed by atoms with E-state index in [9.17, 15) is 8.42 Å². The summed E-state index contributed by atoms with van der Waals surface area (Å²) in [7, 11) is -3.64. The molecule has 1 atom stereocenters. The molecule has 2 N–H and O–H groups in total. The van der Waals surface area contributed by atoms with E-state index in [2.05, 4.69) is 20.0 Å². The third-order valence-electron chi connectivity index (χ3n) is 2.52. The van der Waals surface area contributed by atoms with Gasteiger partial charge in [0.2, 0.25) is 5.96 Å². The van der Waals surface area contributed by atoms with E-state index in [0.717, 1.165) is 6.42 Å². The number of guanidine groups is 1. The average molecular weight is 254 g/mol. The lowest BCUT2D eigenvalue weighted by molar-refractivity contribution is 0.595. The first-order valence-electron chi connectivity index (χ1n) is 5.35. The van der Waals surface area contributed by atoms with Crippen molar-refractivity contribution in [3.05, 3.63) is 18.5 Å². The lowest BCUT2D eigenvalue weighted by Crippen LogP contribution is -2.39. The van der Waals surface area contributed by atoms with Crippen molar-refractivity contribution in [3.8, 4) is 0 Å². The second-order valence-electron chi connectivity index (χ2n) is 3.87. The summed E-state index contributed by atoms with van der Waals surface area (Å²) in [5.74, 6) is 0.262. The van der Waals surface area contributed by atoms with Crippen LogP contribution in [0.15, 0.2) is 27.8 Å². The maximum atomic E-state index is 11.8. The van der Waals surface area contributed by atoms with Crippen LogP contribution in [-0.2, 0) is 10.0 Å². The van der Waals surface area contributed by atoms with Gasteiger partial charge in [-0.25, -0.2) is 0 Å². The van der Waals surface area contributed by atoms with Crippen molar-refractivity contribution < 1.29 is 8.42 Å². The van der Waals surface area contributed by atoms with Gasteiger partial charge in [0, 0.05) is 18.4 Å². The fourth-order valence-electron chi connectivity index (χ4n) is 1.41. The molecule has 1 aliphatic heterocycles. The Morgan fingerprint density at radius 3 is 3.00 bits per heavy atom. The Morgan fingerprint density at radius 1 is 1.53 bits per heavy atom. The largest absolute Gasteiger partial charge is 0.353 e. The van der Waals surface area contributed by atoms with E-state index in [1.54, 1.807) is 6.07 Å². The van der Waals surface area contributed by atoms with Gasteiger partial charge in [-0.3, -0.25) is 4.98 Å². The molecule has 2 heterocycles. The highest BCUT2D eigenvalue weighted by Crippen LogP contribution is 2.25. The number of fused-ring (bicyclic) bond motifs is 1. The molecule has 0 saturated heterocycles. The van der Waals surface area contributed by atoms with E-state index in [-0.39, 0.29) is 16.9 Å². The molecule has 0 aromatic carbocycles. The van der Waals surface area contributed by atoms with Gasteiger partial charge in [0.1, 0.15) is 4.90 Å². The van der Waals surface area contributed by atoms with E-state index in [1.165, 1.54) is 12.4 Å². The first-order valence-corrected chi connectivity index (χ1v) is 6.79. The molecule has 0 radical (unpaired) electrons. The molecule has 92 valence electrons. The Bertz CT molecular complexity index is 553. The van der Waals surface area contributed by atoms with Crippen molar-refractivity contribution in [1.29, 1.82) is 0 Å². The van der Waals surface area contributed by atoms with Gasteiger partial charge in [0.25, 0.3) is 10.0 Å². The van der Waals surface area contributed by atoms with Crippen LogP contribution in [0.25, 0.3) is 0 Å². The molecule has 7 heteroatoms. The van der Waals surface area contributed by atoms with Crippen molar-refractivity contribution in [2.24, 2.45) is 4.40 Å². The van der Waals surface area contributed by atoms with Crippen LogP contribution in [0.5, 0.6) is 0 Å². The Hall–Kier alpha value is -1.63. The van der Waals surface area contributed by atoms with E-state index >= 15 is 0 Å². The van der Waals surface area contributed by atoms with Crippen molar-refractivity contribution in [1.82, 2.24) is 10.3 Å². The fourth-order valence-corrected chi connectivity index (χ4v) is 2.43. The maximum Gasteiger partial charge on any atom is 0.289 e. The number of sulfonamides is 1. The topological polar surface area (TPSA) is 83.5 Å². The van der Waals surface area contributed by atoms with E-state index in [4.69, 9.17) is 0 Å². The monoisotopic (exact) mass is 254 g/mol. The number of nitrogens with zero attached hydrogens (tertiary/aromatic N) is 2. The molecular formula is C10H14N4O2S. The van der Waals surface area contributed by atoms with Gasteiger partial charge in [-0.05, 0) is 19.4 Å². The van der Waals surface area contributed by atoms with Gasteiger partial charge in [0.15, 0.2) is 0 Å². The summed E-state index contributed by atoms with van der Waals surface area (Å²) in [6.07, 6.45) is 3.71. The number of aromatic nitrogens is 1. The number of rotatable bonds is 2. The van der Waals surface area contributed by atoms with Gasteiger partial charge in [-0.15, -0.1) is 4.40 Å². The second-order valence-corrected chi connectivity index (χ2v) is 5.44. The highest BCUT2D eigenvalue weighted by Gasteiger charge is 2.25. The van der Waals surface area contributed by atoms with Gasteiger partial charge >= 0.3 is 0 Å². The highest BCUT2D eigenvalue weighted by molar-refractivity contribution is 7.90. The van der Waals surface area contributed by atoms with E-state index < -0.39 is 10.0 Å². The summed E-state index contributed by atoms with van der Waals surface area (Å²) in [5.41, 5.74) is 0.501. The van der Waals surface area contributed by atoms with Crippen molar-refractivity contribution in [3.63, 3.8) is 0 Å². The Morgan fingerprint density at radius 2 is 2.29 bits per heavy atom. The molecule has 1 aromatic heterocycles. The number of anilines is 1. The molecular weight excluding hydrogens is 240 g/mol. The smallest absolute Gasteiger partial charge is 0.289 e. The average Bonchev–Trinajstić information content (AvgIpc) is 2.28. The molecule has 0 amide bonds. The lowest BCUT2D eigenvalue weighted by atomic mass is 10.3. The Kier molecular flexibility index (Phi) is 3.01. The molecule has 1 aliphatic rings. The van der Waals surface area contributed by atoms with Crippen LogP contribution < -0.4 is 10.6 Å². The molecule has 6 nitrogen and oxygen atoms in total. The minimum absolute atomic E-state index is 0.106. The first-order chi connectivity index (χ1) is 8.03. The number of nitrogens with one attached hydrogen (secondary N) is 2. The zero-order valence-electron chi connectivity index (χ0n) is 9.64. The fraction of sp³-hybridized carbons (Fsp3) is 0.400. The molecule has 0 fully saturated rings. The Labute approximate surface area is 100 Å². The summed E-state index contributed by atoms with van der Waals surface area (Å²) in [5, 5.41) is 5.94. The second kappa shape index (κ2) is 4.33. The number of hydrogen-bond donors (Lipinski definition) is 2. The number of pyridine rings is 1. The summed E-state index contributed by atoms with van der Waals surface area (Å²) in [4.78, 5) is 3.89. The van der Waals surface area contributed by atoms with Crippen LogP contribution in [0.2, 0.25) is 0 Å². The minimum Gasteiger partial charge on any atom is -0.353 e. The minimum atomic E-state index is -3.64. The molecule has 0 bridgehead atoms. The van der Waals surface area contributed by atoms with Crippen LogP contribution in [0.4, 0.5) is 5.69 Å². The van der Waals surface area contributed by atoms with Crippen molar-refractivity contribution in [2.75, 3.05) is 5.32 Å². The molecule has 2 rings (SSSR count). The van der Waals surface area contributed by atoms with Crippen molar-refractivity contribution in [2.45, 2.75) is 31.2 Å². The third kappa shape index (κ3) is 2.38. The molecule has 0 spiro atoms. The Balaban J connectivity index is 2.35. The zero-order chi connectivity index (χ0) is 12.5. The van der Waals surface area contributed by atoms with Crippen LogP contribution in [0, 0.1) is 0 Å². The van der Waals surface area contributed by atoms with Crippen LogP contribution in [-0.4, -0.2) is 25.4 Å². The van der Waals surface area contributed by atoms with E-state index in [1.807, 2.05) is 13.8 Å². The summed E-state index contributed by atoms with van der Waals surface area (Å²) >= 11 is 0. The summed E-state index contributed by atoms with van der Waals surface area (Å²) < 4.78 is 27.4. The maximum absolute atomic E-state index is 11.8. The van der Waals surface area contributed by atoms with E-state index in [0.29, 0.717) is 5.69 Å².